The fourth-order valence-electron chi connectivity index (χ4n) is 0.978. The number of benzene rings is 1. The second kappa shape index (κ2) is 5.54. The Morgan fingerprint density at radius 3 is 2.40 bits per heavy atom. The molecule has 0 bridgehead atoms. The van der Waals surface area contributed by atoms with Crippen LogP contribution in [0.25, 0.3) is 0 Å². The molecule has 0 saturated heterocycles. The summed E-state index contributed by atoms with van der Waals surface area (Å²) in [4.78, 5) is 11.3. The molecule has 0 radical (unpaired) electrons. The molecule has 1 N–H and O–H groups in total. The fraction of sp³-hybridized carbons (Fsp3) is 0.100. The average molecular weight is 309 g/mol. The summed E-state index contributed by atoms with van der Waals surface area (Å²) in [5.74, 6) is -0.261. The van der Waals surface area contributed by atoms with Gasteiger partial charge < -0.3 is 5.32 Å². The Bertz CT molecular complexity index is 395. The predicted octanol–water partition coefficient (Wildman–Crippen LogP) is 4.27. The van der Waals surface area contributed by atoms with Crippen molar-refractivity contribution in [2.45, 2.75) is 6.92 Å². The quantitative estimate of drug-likeness (QED) is 0.812. The third kappa shape index (κ3) is 3.52. The normalized spacial score (nSPS) is 10.7. The molecule has 0 aromatic heterocycles. The second-order valence-electron chi connectivity index (χ2n) is 2.73. The fourth-order valence-corrected chi connectivity index (χ4v) is 2.28. The molecule has 0 aliphatic heterocycles. The molecule has 0 fully saturated rings. The maximum absolute atomic E-state index is 11.3. The minimum absolute atomic E-state index is 0.261. The monoisotopic (exact) mass is 307 g/mol. The van der Waals surface area contributed by atoms with Crippen LogP contribution in [0.15, 0.2) is 28.8 Å². The summed E-state index contributed by atoms with van der Waals surface area (Å²) in [6, 6.07) is 3.33. The molecule has 80 valence electrons. The highest BCUT2D eigenvalue weighted by Crippen LogP contribution is 2.33. The van der Waals surface area contributed by atoms with Gasteiger partial charge >= 0.3 is 0 Å². The number of nitrogens with one attached hydrogen (secondary N) is 1. The number of hydrogen-bond donors (Lipinski definition) is 1. The number of anilines is 1. The predicted molar refractivity (Wildman–Crippen MR) is 67.6 cm³/mol. The van der Waals surface area contributed by atoms with Crippen LogP contribution in [0.4, 0.5) is 5.69 Å². The summed E-state index contributed by atoms with van der Waals surface area (Å²) < 4.78 is 0.765. The van der Waals surface area contributed by atoms with Crippen molar-refractivity contribution < 1.29 is 4.79 Å². The van der Waals surface area contributed by atoms with Crippen LogP contribution in [0, 0.1) is 0 Å². The maximum atomic E-state index is 11.3. The smallest absolute Gasteiger partial charge is 0.248 e. The van der Waals surface area contributed by atoms with E-state index in [1.54, 1.807) is 25.1 Å². The van der Waals surface area contributed by atoms with Crippen molar-refractivity contribution in [2.24, 2.45) is 0 Å². The molecule has 0 atom stereocenters. The van der Waals surface area contributed by atoms with Gasteiger partial charge in [-0.15, -0.1) is 0 Å². The number of hydrogen-bond acceptors (Lipinski definition) is 1. The molecule has 15 heavy (non-hydrogen) atoms. The Morgan fingerprint density at radius 1 is 1.40 bits per heavy atom. The zero-order chi connectivity index (χ0) is 11.4. The van der Waals surface area contributed by atoms with E-state index >= 15 is 0 Å². The van der Waals surface area contributed by atoms with E-state index < -0.39 is 0 Å². The number of carbonyl (C=O) groups excluding carboxylic acids is 1. The van der Waals surface area contributed by atoms with Crippen molar-refractivity contribution in [1.82, 2.24) is 0 Å². The molecule has 0 saturated carbocycles. The largest absolute Gasteiger partial charge is 0.320 e. The summed E-state index contributed by atoms with van der Waals surface area (Å²) in [7, 11) is 0. The lowest BCUT2D eigenvalue weighted by atomic mass is 10.3. The molecule has 1 rings (SSSR count). The zero-order valence-electron chi connectivity index (χ0n) is 7.85. The highest BCUT2D eigenvalue weighted by Gasteiger charge is 2.09. The average Bonchev–Trinajstić information content (AvgIpc) is 2.11. The van der Waals surface area contributed by atoms with Crippen LogP contribution in [0.1, 0.15) is 6.92 Å². The molecule has 5 heteroatoms. The Labute approximate surface area is 106 Å². The minimum Gasteiger partial charge on any atom is -0.320 e. The van der Waals surface area contributed by atoms with E-state index in [0.29, 0.717) is 15.7 Å². The Morgan fingerprint density at radius 2 is 1.93 bits per heavy atom. The van der Waals surface area contributed by atoms with Crippen molar-refractivity contribution in [1.29, 1.82) is 0 Å². The van der Waals surface area contributed by atoms with Gasteiger partial charge in [0.15, 0.2) is 0 Å². The van der Waals surface area contributed by atoms with E-state index in [1.165, 1.54) is 6.08 Å². The maximum Gasteiger partial charge on any atom is 0.248 e. The number of halogens is 3. The summed E-state index contributed by atoms with van der Waals surface area (Å²) in [6.45, 7) is 1.75. The molecule has 1 aromatic carbocycles. The van der Waals surface area contributed by atoms with Gasteiger partial charge in [-0.25, -0.2) is 0 Å². The van der Waals surface area contributed by atoms with E-state index in [9.17, 15) is 4.79 Å². The van der Waals surface area contributed by atoms with Crippen LogP contribution < -0.4 is 5.32 Å². The van der Waals surface area contributed by atoms with E-state index in [0.717, 1.165) is 4.47 Å². The summed E-state index contributed by atoms with van der Waals surface area (Å²) >= 11 is 15.1. The molecule has 0 spiro atoms. The second-order valence-corrected chi connectivity index (χ2v) is 4.46. The number of carbonyl (C=O) groups is 1. The van der Waals surface area contributed by atoms with Gasteiger partial charge in [-0.05, 0) is 25.1 Å². The van der Waals surface area contributed by atoms with Gasteiger partial charge in [-0.3, -0.25) is 4.79 Å². The van der Waals surface area contributed by atoms with Gasteiger partial charge in [0.1, 0.15) is 0 Å². The first-order valence-corrected chi connectivity index (χ1v) is 5.67. The van der Waals surface area contributed by atoms with Crippen LogP contribution in [0.2, 0.25) is 10.0 Å². The molecule has 0 aliphatic rings. The topological polar surface area (TPSA) is 29.1 Å². The Balaban J connectivity index is 3.00. The standard InChI is InChI=1S/C10H8BrCl2NO/c1-2-3-9(15)14-10-7(12)4-6(11)5-8(10)13/h2-5H,1H3,(H,14,15). The third-order valence-electron chi connectivity index (χ3n) is 1.57. The molecule has 1 amide bonds. The molecule has 0 heterocycles. The summed E-state index contributed by atoms with van der Waals surface area (Å²) in [5.41, 5.74) is 0.421. The minimum atomic E-state index is -0.261. The number of rotatable bonds is 2. The molecular weight excluding hydrogens is 301 g/mol. The lowest BCUT2D eigenvalue weighted by Gasteiger charge is -2.07. The van der Waals surface area contributed by atoms with Gasteiger partial charge in [-0.1, -0.05) is 45.2 Å². The van der Waals surface area contributed by atoms with Crippen LogP contribution in [0.3, 0.4) is 0 Å². The molecule has 2 nitrogen and oxygen atoms in total. The van der Waals surface area contributed by atoms with Gasteiger partial charge in [0, 0.05) is 4.47 Å². The van der Waals surface area contributed by atoms with E-state index in [4.69, 9.17) is 23.2 Å². The van der Waals surface area contributed by atoms with Gasteiger partial charge in [0.25, 0.3) is 0 Å². The van der Waals surface area contributed by atoms with Crippen molar-refractivity contribution in [3.8, 4) is 0 Å². The summed E-state index contributed by atoms with van der Waals surface area (Å²) in [6.07, 6.45) is 3.03. The Kier molecular flexibility index (Phi) is 4.64. The van der Waals surface area contributed by atoms with Gasteiger partial charge in [0.2, 0.25) is 5.91 Å². The van der Waals surface area contributed by atoms with E-state index in [2.05, 4.69) is 21.2 Å². The van der Waals surface area contributed by atoms with Crippen LogP contribution >= 0.6 is 39.1 Å². The first-order chi connectivity index (χ1) is 7.04. The summed E-state index contributed by atoms with van der Waals surface area (Å²) in [5, 5.41) is 3.39. The first-order valence-electron chi connectivity index (χ1n) is 4.13. The van der Waals surface area contributed by atoms with Crippen molar-refractivity contribution in [2.75, 3.05) is 5.32 Å². The lowest BCUT2D eigenvalue weighted by molar-refractivity contribution is -0.111. The molecule has 1 aromatic rings. The van der Waals surface area contributed by atoms with Gasteiger partial charge in [0.05, 0.1) is 15.7 Å². The third-order valence-corrected chi connectivity index (χ3v) is 2.63. The Hall–Kier alpha value is -0.510. The van der Waals surface area contributed by atoms with E-state index in [-0.39, 0.29) is 5.91 Å². The van der Waals surface area contributed by atoms with Crippen LogP contribution in [-0.4, -0.2) is 5.91 Å². The van der Waals surface area contributed by atoms with Crippen molar-refractivity contribution in [3.63, 3.8) is 0 Å². The van der Waals surface area contributed by atoms with E-state index in [1.807, 2.05) is 0 Å². The highest BCUT2D eigenvalue weighted by atomic mass is 79.9. The molecular formula is C10H8BrCl2NO. The lowest BCUT2D eigenvalue weighted by Crippen LogP contribution is -2.08. The zero-order valence-corrected chi connectivity index (χ0v) is 10.9. The van der Waals surface area contributed by atoms with Crippen molar-refractivity contribution in [3.05, 3.63) is 38.8 Å². The number of amides is 1. The molecule has 0 aliphatic carbocycles. The van der Waals surface area contributed by atoms with Crippen molar-refractivity contribution >= 4 is 50.7 Å². The SMILES string of the molecule is CC=CC(=O)Nc1c(Cl)cc(Br)cc1Cl. The van der Waals surface area contributed by atoms with Gasteiger partial charge in [-0.2, -0.15) is 0 Å². The van der Waals surface area contributed by atoms with Crippen LogP contribution in [0.5, 0.6) is 0 Å². The van der Waals surface area contributed by atoms with Crippen LogP contribution in [-0.2, 0) is 4.79 Å². The first kappa shape index (κ1) is 12.6. The highest BCUT2D eigenvalue weighted by molar-refractivity contribution is 9.10. The molecule has 0 unspecified atom stereocenters. The number of allylic oxidation sites excluding steroid dienone is 1.